The molecule has 0 atom stereocenters. The number of anilines is 1. The Morgan fingerprint density at radius 2 is 1.63 bits per heavy atom. The largest absolute Gasteiger partial charge is 0.465 e. The number of carbonyl (C=O) groups excluding carboxylic acids is 1. The molecule has 3 N–H and O–H groups in total. The third-order valence-electron chi connectivity index (χ3n) is 6.29. The SMILES string of the molecule is O=C(Nc1c2c(cc3c1CCC3)CCC2)NS(=O)(=O)/C=C/C1CCN(C(=O)O)CC1. The number of carboxylic acid groups (broad SMARTS) is 1. The Balaban J connectivity index is 1.39. The number of nitrogens with one attached hydrogen (secondary N) is 2. The lowest BCUT2D eigenvalue weighted by molar-refractivity contribution is 0.129. The number of amides is 3. The summed E-state index contributed by atoms with van der Waals surface area (Å²) in [5, 5.41) is 12.8. The zero-order chi connectivity index (χ0) is 21.3. The molecule has 8 nitrogen and oxygen atoms in total. The standard InChI is InChI=1S/C21H27N3O5S/c25-20(22-19-17-5-1-3-15(17)13-16-4-2-6-18(16)19)23-30(28,29)12-9-14-7-10-24(11-8-14)21(26)27/h9,12-14H,1-8,10-11H2,(H,26,27)(H2,22,23,25)/b12-9+. The van der Waals surface area contributed by atoms with E-state index >= 15 is 0 Å². The summed E-state index contributed by atoms with van der Waals surface area (Å²) in [6.45, 7) is 0.755. The Hall–Kier alpha value is -2.55. The molecular formula is C21H27N3O5S. The van der Waals surface area contributed by atoms with Gasteiger partial charge in [0.15, 0.2) is 0 Å². The molecule has 1 saturated heterocycles. The van der Waals surface area contributed by atoms with Crippen LogP contribution in [0.4, 0.5) is 15.3 Å². The van der Waals surface area contributed by atoms with E-state index < -0.39 is 22.1 Å². The van der Waals surface area contributed by atoms with E-state index in [1.807, 2.05) is 0 Å². The summed E-state index contributed by atoms with van der Waals surface area (Å²) < 4.78 is 26.8. The number of aryl methyl sites for hydroxylation is 2. The molecular weight excluding hydrogens is 406 g/mol. The van der Waals surface area contributed by atoms with Gasteiger partial charge in [0.2, 0.25) is 0 Å². The second-order valence-corrected chi connectivity index (χ2v) is 9.84. The minimum Gasteiger partial charge on any atom is -0.465 e. The molecule has 0 bridgehead atoms. The average molecular weight is 434 g/mol. The molecule has 30 heavy (non-hydrogen) atoms. The predicted molar refractivity (Wildman–Crippen MR) is 113 cm³/mol. The van der Waals surface area contributed by atoms with E-state index in [1.165, 1.54) is 16.0 Å². The molecule has 1 aromatic carbocycles. The fraction of sp³-hybridized carbons (Fsp3) is 0.524. The van der Waals surface area contributed by atoms with E-state index in [1.54, 1.807) is 6.08 Å². The van der Waals surface area contributed by atoms with Crippen molar-refractivity contribution < 1.29 is 23.1 Å². The number of allylic oxidation sites excluding steroid dienone is 1. The molecule has 4 rings (SSSR count). The lowest BCUT2D eigenvalue weighted by Crippen LogP contribution is -2.37. The van der Waals surface area contributed by atoms with Gasteiger partial charge in [-0.3, -0.25) is 0 Å². The van der Waals surface area contributed by atoms with Gasteiger partial charge in [0.05, 0.1) is 0 Å². The van der Waals surface area contributed by atoms with E-state index in [0.717, 1.165) is 60.7 Å². The molecule has 2 aliphatic carbocycles. The molecule has 1 fully saturated rings. The molecule has 0 unspecified atom stereocenters. The molecule has 3 amide bonds. The van der Waals surface area contributed by atoms with Crippen molar-refractivity contribution in [2.45, 2.75) is 51.4 Å². The number of likely N-dealkylation sites (tertiary alicyclic amines) is 1. The van der Waals surface area contributed by atoms with Crippen LogP contribution in [0.2, 0.25) is 0 Å². The minimum absolute atomic E-state index is 0.0269. The van der Waals surface area contributed by atoms with Crippen molar-refractivity contribution in [3.63, 3.8) is 0 Å². The number of hydrogen-bond acceptors (Lipinski definition) is 4. The number of nitrogens with zero attached hydrogens (tertiary/aromatic N) is 1. The highest BCUT2D eigenvalue weighted by atomic mass is 32.2. The van der Waals surface area contributed by atoms with Gasteiger partial charge in [-0.1, -0.05) is 12.1 Å². The topological polar surface area (TPSA) is 116 Å². The molecule has 1 heterocycles. The average Bonchev–Trinajstić information content (AvgIpc) is 3.35. The maximum atomic E-state index is 12.5. The van der Waals surface area contributed by atoms with Crippen LogP contribution in [-0.4, -0.2) is 43.6 Å². The molecule has 1 aliphatic heterocycles. The lowest BCUT2D eigenvalue weighted by atomic mass is 9.97. The normalized spacial score (nSPS) is 19.0. The summed E-state index contributed by atoms with van der Waals surface area (Å²) in [6.07, 6.45) is 7.63. The Kier molecular flexibility index (Phi) is 5.73. The monoisotopic (exact) mass is 433 g/mol. The number of carbonyl (C=O) groups is 2. The van der Waals surface area contributed by atoms with E-state index in [-0.39, 0.29) is 5.92 Å². The van der Waals surface area contributed by atoms with Gasteiger partial charge in [-0.25, -0.2) is 22.7 Å². The van der Waals surface area contributed by atoms with Gasteiger partial charge in [0, 0.05) is 24.2 Å². The van der Waals surface area contributed by atoms with Gasteiger partial charge in [-0.2, -0.15) is 0 Å². The van der Waals surface area contributed by atoms with Crippen molar-refractivity contribution >= 4 is 27.8 Å². The highest BCUT2D eigenvalue weighted by Crippen LogP contribution is 2.38. The van der Waals surface area contributed by atoms with Gasteiger partial charge < -0.3 is 15.3 Å². The zero-order valence-corrected chi connectivity index (χ0v) is 17.6. The number of hydrogen-bond donors (Lipinski definition) is 3. The maximum Gasteiger partial charge on any atom is 0.407 e. The van der Waals surface area contributed by atoms with Crippen molar-refractivity contribution in [3.05, 3.63) is 39.8 Å². The Morgan fingerprint density at radius 3 is 2.20 bits per heavy atom. The zero-order valence-electron chi connectivity index (χ0n) is 16.8. The van der Waals surface area contributed by atoms with Gasteiger partial charge in [0.25, 0.3) is 10.0 Å². The highest BCUT2D eigenvalue weighted by molar-refractivity contribution is 7.92. The molecule has 0 saturated carbocycles. The third-order valence-corrected chi connectivity index (χ3v) is 7.27. The van der Waals surface area contributed by atoms with Gasteiger partial charge >= 0.3 is 12.1 Å². The summed E-state index contributed by atoms with van der Waals surface area (Å²) in [7, 11) is -3.93. The second-order valence-electron chi connectivity index (χ2n) is 8.27. The van der Waals surface area contributed by atoms with Crippen LogP contribution in [-0.2, 0) is 35.7 Å². The summed E-state index contributed by atoms with van der Waals surface area (Å²) in [5.74, 6) is -0.0269. The van der Waals surface area contributed by atoms with Crippen LogP contribution in [0, 0.1) is 5.92 Å². The van der Waals surface area contributed by atoms with Crippen molar-refractivity contribution in [3.8, 4) is 0 Å². The summed E-state index contributed by atoms with van der Waals surface area (Å²) in [6, 6.07) is 1.51. The molecule has 162 valence electrons. The first-order chi connectivity index (χ1) is 14.3. The van der Waals surface area contributed by atoms with Gasteiger partial charge in [-0.15, -0.1) is 0 Å². The van der Waals surface area contributed by atoms with Crippen LogP contribution in [0.1, 0.15) is 47.9 Å². The van der Waals surface area contributed by atoms with Crippen molar-refractivity contribution in [2.75, 3.05) is 18.4 Å². The van der Waals surface area contributed by atoms with Crippen LogP contribution >= 0.6 is 0 Å². The summed E-state index contributed by atoms with van der Waals surface area (Å²) in [5.41, 5.74) is 5.62. The Bertz CT molecular complexity index is 962. The van der Waals surface area contributed by atoms with Crippen LogP contribution in [0.25, 0.3) is 0 Å². The minimum atomic E-state index is -3.93. The van der Waals surface area contributed by atoms with E-state index in [2.05, 4.69) is 16.1 Å². The highest BCUT2D eigenvalue weighted by Gasteiger charge is 2.26. The van der Waals surface area contributed by atoms with Crippen LogP contribution in [0.15, 0.2) is 17.6 Å². The van der Waals surface area contributed by atoms with E-state index in [0.29, 0.717) is 25.9 Å². The third kappa shape index (κ3) is 4.45. The molecule has 0 radical (unpaired) electrons. The number of sulfonamides is 1. The van der Waals surface area contributed by atoms with Crippen molar-refractivity contribution in [1.82, 2.24) is 9.62 Å². The summed E-state index contributed by atoms with van der Waals surface area (Å²) in [4.78, 5) is 24.8. The first-order valence-corrected chi connectivity index (χ1v) is 12.0. The molecule has 0 aromatic heterocycles. The lowest BCUT2D eigenvalue weighted by Gasteiger charge is -2.28. The first kappa shape index (κ1) is 20.7. The number of benzene rings is 1. The molecule has 0 spiro atoms. The smallest absolute Gasteiger partial charge is 0.407 e. The maximum absolute atomic E-state index is 12.5. The molecule has 9 heteroatoms. The Labute approximate surface area is 176 Å². The number of urea groups is 1. The predicted octanol–water partition coefficient (Wildman–Crippen LogP) is 3.02. The van der Waals surface area contributed by atoms with Gasteiger partial charge in [-0.05, 0) is 79.5 Å². The van der Waals surface area contributed by atoms with Crippen LogP contribution in [0.5, 0.6) is 0 Å². The number of piperidine rings is 1. The van der Waals surface area contributed by atoms with Crippen LogP contribution in [0.3, 0.4) is 0 Å². The Morgan fingerprint density at radius 1 is 1.03 bits per heavy atom. The number of fused-ring (bicyclic) bond motifs is 2. The van der Waals surface area contributed by atoms with E-state index in [9.17, 15) is 18.0 Å². The second kappa shape index (κ2) is 8.29. The van der Waals surface area contributed by atoms with E-state index in [4.69, 9.17) is 5.11 Å². The summed E-state index contributed by atoms with van der Waals surface area (Å²) >= 11 is 0. The quantitative estimate of drug-likeness (QED) is 0.675. The fourth-order valence-corrected chi connectivity index (χ4v) is 5.57. The number of rotatable bonds is 4. The molecule has 3 aliphatic rings. The van der Waals surface area contributed by atoms with Gasteiger partial charge in [0.1, 0.15) is 0 Å². The fourth-order valence-electron chi connectivity index (χ4n) is 4.77. The molecule has 1 aromatic rings. The van der Waals surface area contributed by atoms with Crippen LogP contribution < -0.4 is 10.0 Å². The van der Waals surface area contributed by atoms with Crippen molar-refractivity contribution in [1.29, 1.82) is 0 Å². The first-order valence-electron chi connectivity index (χ1n) is 10.5. The van der Waals surface area contributed by atoms with Crippen molar-refractivity contribution in [2.24, 2.45) is 5.92 Å².